The molecule has 0 amide bonds. The smallest absolute Gasteiger partial charge is 0.300 e. The Balaban J connectivity index is 0.000000668. The molecular weight excluding hydrogens is 448 g/mol. The number of nitrogens with zero attached hydrogens (tertiary/aromatic N) is 2. The van der Waals surface area contributed by atoms with Crippen LogP contribution in [0.25, 0.3) is 11.1 Å². The number of nitrogen functional groups attached to an aromatic ring is 4. The van der Waals surface area contributed by atoms with Gasteiger partial charge >= 0.3 is 0 Å². The number of carboxylic acid groups (broad SMARTS) is 2. The van der Waals surface area contributed by atoms with Gasteiger partial charge in [-0.1, -0.05) is 18.2 Å². The number of azo groups is 1. The lowest BCUT2D eigenvalue weighted by atomic mass is 9.95. The van der Waals surface area contributed by atoms with Crippen LogP contribution in [0.5, 0.6) is 0 Å². The first-order valence-corrected chi connectivity index (χ1v) is 10.5. The van der Waals surface area contributed by atoms with E-state index in [-0.39, 0.29) is 0 Å². The molecule has 10 heteroatoms. The molecule has 0 heterocycles. The van der Waals surface area contributed by atoms with E-state index in [0.29, 0.717) is 28.4 Å². The van der Waals surface area contributed by atoms with Crippen LogP contribution in [0.1, 0.15) is 30.5 Å². The van der Waals surface area contributed by atoms with E-state index in [9.17, 15) is 0 Å². The molecule has 3 aromatic rings. The van der Waals surface area contributed by atoms with Crippen molar-refractivity contribution in [3.8, 4) is 11.1 Å². The van der Waals surface area contributed by atoms with E-state index in [1.54, 1.807) is 12.1 Å². The van der Waals surface area contributed by atoms with Gasteiger partial charge in [-0.25, -0.2) is 0 Å². The summed E-state index contributed by atoms with van der Waals surface area (Å²) in [5, 5.41) is 23.6. The van der Waals surface area contributed by atoms with Gasteiger partial charge in [0.25, 0.3) is 11.9 Å². The highest BCUT2D eigenvalue weighted by molar-refractivity contribution is 5.85. The quantitative estimate of drug-likeness (QED) is 0.216. The van der Waals surface area contributed by atoms with E-state index < -0.39 is 11.9 Å². The summed E-state index contributed by atoms with van der Waals surface area (Å²) in [6.07, 6.45) is 0. The highest BCUT2D eigenvalue weighted by Gasteiger charge is 2.12. The average molecular weight is 481 g/mol. The lowest BCUT2D eigenvalue weighted by molar-refractivity contribution is -0.135. The maximum absolute atomic E-state index is 9.00. The van der Waals surface area contributed by atoms with Gasteiger partial charge in [-0.3, -0.25) is 9.59 Å². The molecule has 0 aromatic heterocycles. The lowest BCUT2D eigenvalue weighted by Gasteiger charge is -2.14. The van der Waals surface area contributed by atoms with Crippen molar-refractivity contribution in [2.45, 2.75) is 34.6 Å². The molecule has 35 heavy (non-hydrogen) atoms. The summed E-state index contributed by atoms with van der Waals surface area (Å²) in [5.41, 5.74) is 32.6. The van der Waals surface area contributed by atoms with Crippen molar-refractivity contribution in [3.05, 3.63) is 59.2 Å². The van der Waals surface area contributed by atoms with Gasteiger partial charge in [0.2, 0.25) is 0 Å². The molecule has 3 aromatic carbocycles. The summed E-state index contributed by atoms with van der Waals surface area (Å²) >= 11 is 0. The third-order valence-corrected chi connectivity index (χ3v) is 4.95. The van der Waals surface area contributed by atoms with E-state index in [0.717, 1.165) is 47.4 Å². The van der Waals surface area contributed by atoms with Crippen molar-refractivity contribution in [3.63, 3.8) is 0 Å². The number of benzene rings is 3. The van der Waals surface area contributed by atoms with Gasteiger partial charge in [-0.15, -0.1) is 5.11 Å². The van der Waals surface area contributed by atoms with Gasteiger partial charge in [0, 0.05) is 36.5 Å². The number of rotatable bonds is 3. The summed E-state index contributed by atoms with van der Waals surface area (Å²) < 4.78 is 0. The molecule has 0 aliphatic rings. The Morgan fingerprint density at radius 1 is 0.629 bits per heavy atom. The summed E-state index contributed by atoms with van der Waals surface area (Å²) in [6, 6.07) is 13.2. The Labute approximate surface area is 204 Å². The minimum Gasteiger partial charge on any atom is -0.481 e. The molecule has 3 rings (SSSR count). The summed E-state index contributed by atoms with van der Waals surface area (Å²) in [5.74, 6) is -1.67. The third-order valence-electron chi connectivity index (χ3n) is 4.95. The molecule has 0 unspecified atom stereocenters. The molecule has 0 radical (unpaired) electrons. The Morgan fingerprint density at radius 3 is 1.63 bits per heavy atom. The van der Waals surface area contributed by atoms with Crippen LogP contribution in [0.15, 0.2) is 52.7 Å². The first-order valence-electron chi connectivity index (χ1n) is 10.5. The number of hydrogen-bond donors (Lipinski definition) is 6. The molecule has 10 nitrogen and oxygen atoms in total. The molecule has 186 valence electrons. The highest BCUT2D eigenvalue weighted by Crippen LogP contribution is 2.37. The third kappa shape index (κ3) is 8.04. The van der Waals surface area contributed by atoms with Gasteiger partial charge in [-0.05, 0) is 67.3 Å². The second kappa shape index (κ2) is 12.6. The average Bonchev–Trinajstić information content (AvgIpc) is 2.76. The van der Waals surface area contributed by atoms with Gasteiger partial charge in [0.15, 0.2) is 0 Å². The van der Waals surface area contributed by atoms with E-state index in [1.807, 2.05) is 51.1 Å². The fourth-order valence-electron chi connectivity index (χ4n) is 2.93. The van der Waals surface area contributed by atoms with Crippen molar-refractivity contribution in [1.82, 2.24) is 0 Å². The number of nitrogens with two attached hydrogens (primary N) is 4. The zero-order chi connectivity index (χ0) is 26.9. The fraction of sp³-hybridized carbons (Fsp3) is 0.200. The normalized spacial score (nSPS) is 10.1. The molecule has 0 spiro atoms. The maximum atomic E-state index is 9.00. The van der Waals surface area contributed by atoms with Crippen LogP contribution in [-0.4, -0.2) is 22.2 Å². The van der Waals surface area contributed by atoms with Crippen LogP contribution in [0, 0.1) is 20.8 Å². The van der Waals surface area contributed by atoms with Gasteiger partial charge in [0.1, 0.15) is 5.69 Å². The van der Waals surface area contributed by atoms with Crippen molar-refractivity contribution in [2.75, 3.05) is 22.9 Å². The Bertz CT molecular complexity index is 1240. The topological polar surface area (TPSA) is 203 Å². The molecule has 0 fully saturated rings. The van der Waals surface area contributed by atoms with Gasteiger partial charge in [0.05, 0.1) is 11.4 Å². The molecule has 10 N–H and O–H groups in total. The van der Waals surface area contributed by atoms with Crippen molar-refractivity contribution >= 4 is 46.1 Å². The highest BCUT2D eigenvalue weighted by atomic mass is 16.4. The monoisotopic (exact) mass is 480 g/mol. The molecule has 0 saturated carbocycles. The second-order valence-electron chi connectivity index (χ2n) is 7.64. The van der Waals surface area contributed by atoms with Crippen molar-refractivity contribution in [1.29, 1.82) is 0 Å². The Kier molecular flexibility index (Phi) is 10.2. The minimum absolute atomic E-state index is 0.533. The largest absolute Gasteiger partial charge is 0.481 e. The predicted molar refractivity (Wildman–Crippen MR) is 141 cm³/mol. The first kappa shape index (κ1) is 28.4. The van der Waals surface area contributed by atoms with E-state index in [1.165, 1.54) is 0 Å². The first-order chi connectivity index (χ1) is 16.3. The van der Waals surface area contributed by atoms with Crippen LogP contribution in [0.4, 0.5) is 34.1 Å². The van der Waals surface area contributed by atoms with Gasteiger partial charge in [-0.2, -0.15) is 5.11 Å². The number of carbonyl (C=O) groups is 2. The minimum atomic E-state index is -0.833. The summed E-state index contributed by atoms with van der Waals surface area (Å²) in [6.45, 7) is 7.94. The fourth-order valence-corrected chi connectivity index (χ4v) is 2.93. The zero-order valence-corrected chi connectivity index (χ0v) is 20.5. The molecule has 0 bridgehead atoms. The predicted octanol–water partition coefficient (Wildman–Crippen LogP) is 5.20. The molecular formula is C25H32N6O4. The Morgan fingerprint density at radius 2 is 1.09 bits per heavy atom. The van der Waals surface area contributed by atoms with Crippen LogP contribution in [0.2, 0.25) is 0 Å². The number of anilines is 4. The molecule has 0 aliphatic carbocycles. The van der Waals surface area contributed by atoms with Crippen molar-refractivity contribution in [2.24, 2.45) is 10.2 Å². The number of hydrogen-bond acceptors (Lipinski definition) is 8. The second-order valence-corrected chi connectivity index (χ2v) is 7.64. The SMILES string of the molecule is CC(=O)O.CC(=O)O.Cc1c(N=Nc2ccc(N)c(C)c2N)cccc1-c1ccc(N)c(C)c1N. The van der Waals surface area contributed by atoms with Crippen LogP contribution < -0.4 is 22.9 Å². The Hall–Kier alpha value is -4.60. The summed E-state index contributed by atoms with van der Waals surface area (Å²) in [4.78, 5) is 18.0. The molecule has 0 saturated heterocycles. The van der Waals surface area contributed by atoms with Crippen LogP contribution >= 0.6 is 0 Å². The van der Waals surface area contributed by atoms with Crippen molar-refractivity contribution < 1.29 is 19.8 Å². The maximum Gasteiger partial charge on any atom is 0.300 e. The zero-order valence-electron chi connectivity index (χ0n) is 20.5. The molecule has 0 aliphatic heterocycles. The standard InChI is InChI=1S/C21H24N6.2C2H4O2/c1-11-14(15-7-8-16(22)12(2)20(15)24)5-4-6-18(11)26-27-19-10-9-17(23)13(3)21(19)25;2*1-2(3)4/h4-10H,22-25H2,1-3H3;2*1H3,(H,3,4). The summed E-state index contributed by atoms with van der Waals surface area (Å²) in [7, 11) is 0. The number of aliphatic carboxylic acids is 2. The van der Waals surface area contributed by atoms with E-state index in [4.69, 9.17) is 42.7 Å². The van der Waals surface area contributed by atoms with E-state index in [2.05, 4.69) is 10.2 Å². The van der Waals surface area contributed by atoms with Crippen LogP contribution in [-0.2, 0) is 9.59 Å². The lowest BCUT2D eigenvalue weighted by Crippen LogP contribution is -1.99. The van der Waals surface area contributed by atoms with Crippen LogP contribution in [0.3, 0.4) is 0 Å². The number of carboxylic acids is 2. The van der Waals surface area contributed by atoms with E-state index >= 15 is 0 Å². The van der Waals surface area contributed by atoms with Gasteiger partial charge < -0.3 is 33.1 Å². The molecule has 0 atom stereocenters.